The summed E-state index contributed by atoms with van der Waals surface area (Å²) >= 11 is 6.62. The number of aryl methyl sites for hydroxylation is 1. The molecular weight excluding hydrogens is 312 g/mol. The molecule has 0 aliphatic rings. The van der Waals surface area contributed by atoms with Crippen LogP contribution in [0, 0.1) is 12.8 Å². The van der Waals surface area contributed by atoms with Crippen LogP contribution >= 0.6 is 31.9 Å². The minimum Gasteiger partial charge on any atom is -0.298 e. The molecule has 0 saturated carbocycles. The molecule has 1 atom stereocenters. The Hall–Kier alpha value is -0.160. The van der Waals surface area contributed by atoms with Crippen LogP contribution in [0.5, 0.6) is 0 Å². The van der Waals surface area contributed by atoms with Crippen LogP contribution in [0.1, 0.15) is 12.6 Å². The lowest BCUT2D eigenvalue weighted by Crippen LogP contribution is -2.25. The van der Waals surface area contributed by atoms with Gasteiger partial charge in [-0.25, -0.2) is 4.98 Å². The van der Waals surface area contributed by atoms with E-state index in [1.165, 1.54) is 0 Å². The molecule has 0 N–H and O–H groups in total. The van der Waals surface area contributed by atoms with Crippen LogP contribution < -0.4 is 5.56 Å². The van der Waals surface area contributed by atoms with Gasteiger partial charge in [-0.2, -0.15) is 0 Å². The van der Waals surface area contributed by atoms with Gasteiger partial charge in [0.15, 0.2) is 0 Å². The first kappa shape index (κ1) is 11.9. The predicted molar refractivity (Wildman–Crippen MR) is 63.9 cm³/mol. The van der Waals surface area contributed by atoms with Gasteiger partial charge in [-0.15, -0.1) is 0 Å². The highest BCUT2D eigenvalue weighted by atomic mass is 79.9. The zero-order valence-corrected chi connectivity index (χ0v) is 11.3. The summed E-state index contributed by atoms with van der Waals surface area (Å²) in [5.74, 6) is 0.420. The van der Waals surface area contributed by atoms with Crippen molar-refractivity contribution in [1.82, 2.24) is 9.55 Å². The minimum absolute atomic E-state index is 0.00898. The maximum atomic E-state index is 11.7. The maximum absolute atomic E-state index is 11.7. The molecule has 5 heteroatoms. The number of rotatable bonds is 3. The van der Waals surface area contributed by atoms with E-state index in [2.05, 4.69) is 43.8 Å². The van der Waals surface area contributed by atoms with Crippen molar-refractivity contribution >= 4 is 31.9 Å². The molecule has 3 nitrogen and oxygen atoms in total. The van der Waals surface area contributed by atoms with Gasteiger partial charge >= 0.3 is 0 Å². The van der Waals surface area contributed by atoms with Crippen molar-refractivity contribution in [2.75, 3.05) is 5.33 Å². The van der Waals surface area contributed by atoms with Gasteiger partial charge in [0.05, 0.1) is 12.0 Å². The Morgan fingerprint density at radius 1 is 1.64 bits per heavy atom. The Morgan fingerprint density at radius 2 is 2.29 bits per heavy atom. The first-order valence-electron chi connectivity index (χ1n) is 4.33. The summed E-state index contributed by atoms with van der Waals surface area (Å²) in [6.45, 7) is 4.58. The zero-order valence-electron chi connectivity index (χ0n) is 8.13. The van der Waals surface area contributed by atoms with Gasteiger partial charge in [-0.1, -0.05) is 22.9 Å². The van der Waals surface area contributed by atoms with Gasteiger partial charge in [0.2, 0.25) is 0 Å². The second-order valence-corrected chi connectivity index (χ2v) is 4.80. The van der Waals surface area contributed by atoms with Gasteiger partial charge < -0.3 is 0 Å². The second-order valence-electron chi connectivity index (χ2n) is 3.36. The number of halogens is 2. The molecule has 0 aromatic carbocycles. The molecule has 0 fully saturated rings. The van der Waals surface area contributed by atoms with Crippen LogP contribution in [-0.2, 0) is 6.54 Å². The van der Waals surface area contributed by atoms with E-state index in [9.17, 15) is 4.79 Å². The molecule has 1 rings (SSSR count). The summed E-state index contributed by atoms with van der Waals surface area (Å²) in [6, 6.07) is 0. The highest BCUT2D eigenvalue weighted by molar-refractivity contribution is 9.10. The summed E-state index contributed by atoms with van der Waals surface area (Å²) < 4.78 is 2.19. The fourth-order valence-electron chi connectivity index (χ4n) is 1.06. The number of alkyl halides is 1. The van der Waals surface area contributed by atoms with Gasteiger partial charge in [0.1, 0.15) is 4.47 Å². The molecule has 1 aromatic heterocycles. The van der Waals surface area contributed by atoms with Crippen LogP contribution in [0.15, 0.2) is 15.6 Å². The lowest BCUT2D eigenvalue weighted by Gasteiger charge is -2.10. The van der Waals surface area contributed by atoms with Crippen LogP contribution in [0.2, 0.25) is 0 Å². The molecule has 1 heterocycles. The van der Waals surface area contributed by atoms with E-state index >= 15 is 0 Å². The average molecular weight is 324 g/mol. The molecular formula is C9H12Br2N2O. The molecule has 0 radical (unpaired) electrons. The van der Waals surface area contributed by atoms with Crippen LogP contribution in [0.4, 0.5) is 0 Å². The lowest BCUT2D eigenvalue weighted by molar-refractivity contribution is 0.512. The van der Waals surface area contributed by atoms with E-state index in [0.717, 1.165) is 11.0 Å². The summed E-state index contributed by atoms with van der Waals surface area (Å²) in [6.07, 6.45) is 1.60. The van der Waals surface area contributed by atoms with Gasteiger partial charge in [0, 0.05) is 11.9 Å². The zero-order chi connectivity index (χ0) is 10.7. The van der Waals surface area contributed by atoms with Crippen molar-refractivity contribution < 1.29 is 0 Å². The first-order valence-corrected chi connectivity index (χ1v) is 6.25. The monoisotopic (exact) mass is 322 g/mol. The maximum Gasteiger partial charge on any atom is 0.267 e. The van der Waals surface area contributed by atoms with Crippen molar-refractivity contribution in [3.63, 3.8) is 0 Å². The van der Waals surface area contributed by atoms with E-state index in [-0.39, 0.29) is 5.56 Å². The largest absolute Gasteiger partial charge is 0.298 e. The Kier molecular flexibility index (Phi) is 4.31. The molecule has 0 spiro atoms. The molecule has 0 aliphatic carbocycles. The number of aromatic nitrogens is 2. The molecule has 1 unspecified atom stereocenters. The third-order valence-corrected chi connectivity index (χ3v) is 3.95. The summed E-state index contributed by atoms with van der Waals surface area (Å²) in [5.41, 5.74) is 0.725. The molecule has 0 amide bonds. The average Bonchev–Trinajstić information content (AvgIpc) is 2.19. The lowest BCUT2D eigenvalue weighted by atomic mass is 10.2. The topological polar surface area (TPSA) is 34.9 Å². The van der Waals surface area contributed by atoms with E-state index in [0.29, 0.717) is 16.9 Å². The minimum atomic E-state index is -0.00898. The van der Waals surface area contributed by atoms with Crippen molar-refractivity contribution in [2.24, 2.45) is 5.92 Å². The third kappa shape index (κ3) is 2.67. The predicted octanol–water partition coefficient (Wildman–Crippen LogP) is 2.35. The van der Waals surface area contributed by atoms with Crippen LogP contribution in [0.3, 0.4) is 0 Å². The SMILES string of the molecule is Cc1ncn(CC(C)CBr)c(=O)c1Br. The number of nitrogens with zero attached hydrogens (tertiary/aromatic N) is 2. The third-order valence-electron chi connectivity index (χ3n) is 1.93. The summed E-state index contributed by atoms with van der Waals surface area (Å²) in [5, 5.41) is 0.880. The standard InChI is InChI=1S/C9H12Br2N2O/c1-6(3-10)4-13-5-12-7(2)8(11)9(13)14/h5-6H,3-4H2,1-2H3. The fraction of sp³-hybridized carbons (Fsp3) is 0.556. The van der Waals surface area contributed by atoms with Crippen molar-refractivity contribution in [3.05, 3.63) is 26.8 Å². The van der Waals surface area contributed by atoms with Gasteiger partial charge in [-0.05, 0) is 28.8 Å². The molecule has 14 heavy (non-hydrogen) atoms. The molecule has 78 valence electrons. The van der Waals surface area contributed by atoms with Gasteiger partial charge in [0.25, 0.3) is 5.56 Å². The Labute approximate surface area is 99.8 Å². The van der Waals surface area contributed by atoms with Crippen molar-refractivity contribution in [2.45, 2.75) is 20.4 Å². The number of hydrogen-bond donors (Lipinski definition) is 0. The molecule has 0 aliphatic heterocycles. The van der Waals surface area contributed by atoms with Crippen LogP contribution in [0.25, 0.3) is 0 Å². The highest BCUT2D eigenvalue weighted by Crippen LogP contribution is 2.08. The Balaban J connectivity index is 3.00. The molecule has 1 aromatic rings. The summed E-state index contributed by atoms with van der Waals surface area (Å²) in [7, 11) is 0. The molecule has 0 bridgehead atoms. The first-order chi connectivity index (χ1) is 6.56. The van der Waals surface area contributed by atoms with Gasteiger partial charge in [-0.3, -0.25) is 9.36 Å². The number of hydrogen-bond acceptors (Lipinski definition) is 2. The molecule has 0 saturated heterocycles. The smallest absolute Gasteiger partial charge is 0.267 e. The normalized spacial score (nSPS) is 12.9. The van der Waals surface area contributed by atoms with E-state index in [1.807, 2.05) is 6.92 Å². The second kappa shape index (κ2) is 5.07. The fourth-order valence-corrected chi connectivity index (χ4v) is 1.60. The van der Waals surface area contributed by atoms with E-state index in [4.69, 9.17) is 0 Å². The van der Waals surface area contributed by atoms with E-state index in [1.54, 1.807) is 10.9 Å². The van der Waals surface area contributed by atoms with Crippen molar-refractivity contribution in [1.29, 1.82) is 0 Å². The Morgan fingerprint density at radius 3 is 2.86 bits per heavy atom. The highest BCUT2D eigenvalue weighted by Gasteiger charge is 2.07. The Bertz CT molecular complexity index is 376. The quantitative estimate of drug-likeness (QED) is 0.800. The summed E-state index contributed by atoms with van der Waals surface area (Å²) in [4.78, 5) is 15.8. The van der Waals surface area contributed by atoms with Crippen LogP contribution in [-0.4, -0.2) is 14.9 Å². The van der Waals surface area contributed by atoms with Crippen molar-refractivity contribution in [3.8, 4) is 0 Å². The van der Waals surface area contributed by atoms with E-state index < -0.39 is 0 Å².